The van der Waals surface area contributed by atoms with Crippen molar-refractivity contribution in [1.29, 1.82) is 0 Å². The molecule has 0 spiro atoms. The van der Waals surface area contributed by atoms with E-state index in [4.69, 9.17) is 0 Å². The van der Waals surface area contributed by atoms with Crippen LogP contribution in [0, 0.1) is 12.8 Å². The van der Waals surface area contributed by atoms with Gasteiger partial charge in [0.1, 0.15) is 0 Å². The minimum atomic E-state index is -0.666. The molecule has 86 valence electrons. The first kappa shape index (κ1) is 11.2. The molecule has 2 heteroatoms. The molecule has 1 aliphatic carbocycles. The molecule has 0 amide bonds. The van der Waals surface area contributed by atoms with Gasteiger partial charge >= 0.3 is 5.97 Å². The number of hydrogen-bond acceptors (Lipinski definition) is 1. The van der Waals surface area contributed by atoms with Gasteiger partial charge in [-0.3, -0.25) is 4.79 Å². The molecular weight excluding hydrogens is 200 g/mol. The average Bonchev–Trinajstić information content (AvgIpc) is 2.19. The number of carboxylic acids is 1. The van der Waals surface area contributed by atoms with E-state index in [0.29, 0.717) is 5.92 Å². The summed E-state index contributed by atoms with van der Waals surface area (Å²) in [5.74, 6) is -0.0848. The van der Waals surface area contributed by atoms with Gasteiger partial charge in [0.25, 0.3) is 0 Å². The zero-order chi connectivity index (χ0) is 11.8. The average molecular weight is 218 g/mol. The van der Waals surface area contributed by atoms with Crippen LogP contribution in [-0.2, 0) is 10.2 Å². The topological polar surface area (TPSA) is 37.3 Å². The second-order valence-corrected chi connectivity index (χ2v) is 4.94. The molecule has 0 saturated heterocycles. The van der Waals surface area contributed by atoms with Crippen molar-refractivity contribution in [3.05, 3.63) is 35.4 Å². The predicted molar refractivity (Wildman–Crippen MR) is 63.5 cm³/mol. The number of aliphatic carboxylic acids is 1. The van der Waals surface area contributed by atoms with Crippen LogP contribution in [0.15, 0.2) is 24.3 Å². The maximum Gasteiger partial charge on any atom is 0.314 e. The lowest BCUT2D eigenvalue weighted by Gasteiger charge is -2.44. The summed E-state index contributed by atoms with van der Waals surface area (Å²) in [6.07, 6.45) is 2.67. The van der Waals surface area contributed by atoms with Gasteiger partial charge in [0.2, 0.25) is 0 Å². The molecule has 0 heterocycles. The SMILES string of the molecule is CCC1CC(C(=O)O)(c2ccc(C)cc2)C1. The smallest absolute Gasteiger partial charge is 0.314 e. The Bertz CT molecular complexity index is 386. The van der Waals surface area contributed by atoms with Gasteiger partial charge in [0.05, 0.1) is 5.41 Å². The van der Waals surface area contributed by atoms with Crippen molar-refractivity contribution in [2.75, 3.05) is 0 Å². The highest BCUT2D eigenvalue weighted by molar-refractivity contribution is 5.82. The lowest BCUT2D eigenvalue weighted by molar-refractivity contribution is -0.149. The van der Waals surface area contributed by atoms with E-state index in [1.165, 1.54) is 5.56 Å². The van der Waals surface area contributed by atoms with Crippen molar-refractivity contribution in [1.82, 2.24) is 0 Å². The first-order valence-electron chi connectivity index (χ1n) is 5.89. The molecule has 0 unspecified atom stereocenters. The van der Waals surface area contributed by atoms with E-state index < -0.39 is 11.4 Å². The molecule has 16 heavy (non-hydrogen) atoms. The van der Waals surface area contributed by atoms with E-state index in [1.54, 1.807) is 0 Å². The van der Waals surface area contributed by atoms with Crippen molar-refractivity contribution in [2.45, 2.75) is 38.5 Å². The summed E-state index contributed by atoms with van der Waals surface area (Å²) in [4.78, 5) is 11.5. The Balaban J connectivity index is 2.28. The van der Waals surface area contributed by atoms with Crippen LogP contribution in [0.1, 0.15) is 37.3 Å². The number of carboxylic acid groups (broad SMARTS) is 1. The molecule has 0 radical (unpaired) electrons. The Morgan fingerprint density at radius 3 is 2.38 bits per heavy atom. The fourth-order valence-electron chi connectivity index (χ4n) is 2.62. The van der Waals surface area contributed by atoms with Gasteiger partial charge in [-0.15, -0.1) is 0 Å². The molecule has 0 bridgehead atoms. The van der Waals surface area contributed by atoms with E-state index in [0.717, 1.165) is 24.8 Å². The standard InChI is InChI=1S/C14H18O2/c1-3-11-8-14(9-11,13(15)16)12-6-4-10(2)5-7-12/h4-7,11H,3,8-9H2,1-2H3,(H,15,16). The third kappa shape index (κ3) is 1.62. The Morgan fingerprint density at radius 1 is 1.38 bits per heavy atom. The van der Waals surface area contributed by atoms with Gasteiger partial charge in [-0.25, -0.2) is 0 Å². The first-order valence-corrected chi connectivity index (χ1v) is 5.89. The Hall–Kier alpha value is -1.31. The van der Waals surface area contributed by atoms with Crippen LogP contribution < -0.4 is 0 Å². The fourth-order valence-corrected chi connectivity index (χ4v) is 2.62. The summed E-state index contributed by atoms with van der Waals surface area (Å²) in [5, 5.41) is 9.42. The summed E-state index contributed by atoms with van der Waals surface area (Å²) < 4.78 is 0. The molecule has 1 aromatic carbocycles. The van der Waals surface area contributed by atoms with Gasteiger partial charge in [-0.2, -0.15) is 0 Å². The third-order valence-corrected chi connectivity index (χ3v) is 3.87. The van der Waals surface area contributed by atoms with Crippen LogP contribution in [0.5, 0.6) is 0 Å². The molecule has 2 nitrogen and oxygen atoms in total. The van der Waals surface area contributed by atoms with Crippen LogP contribution in [-0.4, -0.2) is 11.1 Å². The lowest BCUT2D eigenvalue weighted by atomic mass is 9.58. The summed E-state index contributed by atoms with van der Waals surface area (Å²) in [7, 11) is 0. The van der Waals surface area contributed by atoms with Crippen LogP contribution in [0.2, 0.25) is 0 Å². The van der Waals surface area contributed by atoms with Crippen LogP contribution in [0.25, 0.3) is 0 Å². The summed E-state index contributed by atoms with van der Waals surface area (Å²) in [6.45, 7) is 4.15. The van der Waals surface area contributed by atoms with E-state index >= 15 is 0 Å². The Morgan fingerprint density at radius 2 is 1.94 bits per heavy atom. The maximum atomic E-state index is 11.5. The monoisotopic (exact) mass is 218 g/mol. The molecule has 0 atom stereocenters. The predicted octanol–water partition coefficient (Wildman–Crippen LogP) is 3.14. The third-order valence-electron chi connectivity index (χ3n) is 3.87. The van der Waals surface area contributed by atoms with Crippen LogP contribution in [0.4, 0.5) is 0 Å². The number of carbonyl (C=O) groups is 1. The zero-order valence-corrected chi connectivity index (χ0v) is 9.86. The molecule has 2 rings (SSSR count). The van der Waals surface area contributed by atoms with Crippen LogP contribution >= 0.6 is 0 Å². The van der Waals surface area contributed by atoms with Gasteiger partial charge < -0.3 is 5.11 Å². The van der Waals surface area contributed by atoms with E-state index in [1.807, 2.05) is 31.2 Å². The highest BCUT2D eigenvalue weighted by atomic mass is 16.4. The highest BCUT2D eigenvalue weighted by Crippen LogP contribution is 2.49. The van der Waals surface area contributed by atoms with Gasteiger partial charge in [-0.05, 0) is 31.2 Å². The maximum absolute atomic E-state index is 11.5. The molecule has 0 aromatic heterocycles. The quantitative estimate of drug-likeness (QED) is 0.846. The minimum absolute atomic E-state index is 0.581. The van der Waals surface area contributed by atoms with Crippen molar-refractivity contribution in [2.24, 2.45) is 5.92 Å². The normalized spacial score (nSPS) is 28.5. The van der Waals surface area contributed by atoms with E-state index in [2.05, 4.69) is 6.92 Å². The number of hydrogen-bond donors (Lipinski definition) is 1. The van der Waals surface area contributed by atoms with E-state index in [-0.39, 0.29) is 0 Å². The number of aryl methyl sites for hydroxylation is 1. The fraction of sp³-hybridized carbons (Fsp3) is 0.500. The Kier molecular flexibility index (Phi) is 2.75. The highest BCUT2D eigenvalue weighted by Gasteiger charge is 2.50. The molecular formula is C14H18O2. The van der Waals surface area contributed by atoms with Gasteiger partial charge in [0.15, 0.2) is 0 Å². The molecule has 1 saturated carbocycles. The second-order valence-electron chi connectivity index (χ2n) is 4.94. The second kappa shape index (κ2) is 3.93. The summed E-state index contributed by atoms with van der Waals surface area (Å²) in [5.41, 5.74) is 1.54. The number of rotatable bonds is 3. The van der Waals surface area contributed by atoms with Gasteiger partial charge in [0, 0.05) is 0 Å². The summed E-state index contributed by atoms with van der Waals surface area (Å²) >= 11 is 0. The molecule has 0 aliphatic heterocycles. The molecule has 1 aromatic rings. The minimum Gasteiger partial charge on any atom is -0.481 e. The van der Waals surface area contributed by atoms with E-state index in [9.17, 15) is 9.90 Å². The van der Waals surface area contributed by atoms with Crippen molar-refractivity contribution in [3.63, 3.8) is 0 Å². The lowest BCUT2D eigenvalue weighted by Crippen LogP contribution is -2.47. The van der Waals surface area contributed by atoms with Crippen LogP contribution in [0.3, 0.4) is 0 Å². The summed E-state index contributed by atoms with van der Waals surface area (Å²) in [6, 6.07) is 7.93. The Labute approximate surface area is 96.3 Å². The molecule has 1 aliphatic rings. The first-order chi connectivity index (χ1) is 7.58. The van der Waals surface area contributed by atoms with Crippen molar-refractivity contribution >= 4 is 5.97 Å². The van der Waals surface area contributed by atoms with Crippen molar-refractivity contribution < 1.29 is 9.90 Å². The molecule has 1 fully saturated rings. The number of benzene rings is 1. The largest absolute Gasteiger partial charge is 0.481 e. The zero-order valence-electron chi connectivity index (χ0n) is 9.86. The van der Waals surface area contributed by atoms with Gasteiger partial charge in [-0.1, -0.05) is 43.2 Å². The molecule has 1 N–H and O–H groups in total. The van der Waals surface area contributed by atoms with Crippen molar-refractivity contribution in [3.8, 4) is 0 Å².